The van der Waals surface area contributed by atoms with Crippen molar-refractivity contribution in [2.45, 2.75) is 0 Å². The van der Waals surface area contributed by atoms with Crippen LogP contribution in [-0.4, -0.2) is 22.8 Å². The second kappa shape index (κ2) is 9.61. The topological polar surface area (TPSA) is 49.4 Å². The first-order valence-corrected chi connectivity index (χ1v) is 11.9. The molecule has 0 saturated heterocycles. The molecule has 4 nitrogen and oxygen atoms in total. The summed E-state index contributed by atoms with van der Waals surface area (Å²) in [7, 11) is 0. The van der Waals surface area contributed by atoms with Gasteiger partial charge in [-0.05, 0) is 71.9 Å². The van der Waals surface area contributed by atoms with Crippen molar-refractivity contribution in [2.24, 2.45) is 20.0 Å². The van der Waals surface area contributed by atoms with E-state index >= 15 is 0 Å². The number of nitrogens with zero attached hydrogens (tertiary/aromatic N) is 4. The first-order valence-electron chi connectivity index (χ1n) is 11.9. The smallest absolute Gasteiger partial charge is 0.0744 e. The molecule has 0 spiro atoms. The van der Waals surface area contributed by atoms with Gasteiger partial charge in [0, 0.05) is 30.6 Å². The van der Waals surface area contributed by atoms with Crippen molar-refractivity contribution in [3.63, 3.8) is 0 Å². The van der Waals surface area contributed by atoms with Crippen LogP contribution in [0.5, 0.6) is 0 Å². The summed E-state index contributed by atoms with van der Waals surface area (Å²) < 4.78 is 0. The number of fused-ring (bicyclic) bond motifs is 4. The molecule has 0 aliphatic carbocycles. The molecule has 0 atom stereocenters. The number of aliphatic imine (C=N–C) groups is 4. The van der Waals surface area contributed by atoms with Gasteiger partial charge in [-0.15, -0.1) is 0 Å². The van der Waals surface area contributed by atoms with Crippen molar-refractivity contribution in [1.29, 1.82) is 0 Å². The van der Waals surface area contributed by atoms with Gasteiger partial charge in [0.15, 0.2) is 0 Å². The van der Waals surface area contributed by atoms with Crippen molar-refractivity contribution in [3.8, 4) is 0 Å². The molecule has 0 radical (unpaired) electrons. The van der Waals surface area contributed by atoms with E-state index in [9.17, 15) is 0 Å². The van der Waals surface area contributed by atoms with E-state index in [2.05, 4.69) is 60.7 Å². The first kappa shape index (κ1) is 23.1. The zero-order chi connectivity index (χ0) is 23.9. The molecule has 0 fully saturated rings. The second-order valence-electron chi connectivity index (χ2n) is 8.83. The molecular formula is C32H20N4Zn. The Balaban J connectivity index is 0.00000252. The normalized spacial score (nSPS) is 18.9. The van der Waals surface area contributed by atoms with Gasteiger partial charge in [0.1, 0.15) is 0 Å². The Labute approximate surface area is 228 Å². The van der Waals surface area contributed by atoms with E-state index < -0.39 is 0 Å². The van der Waals surface area contributed by atoms with Gasteiger partial charge in [-0.25, -0.2) is 20.0 Å². The van der Waals surface area contributed by atoms with Gasteiger partial charge in [-0.3, -0.25) is 0 Å². The first-order chi connectivity index (χ1) is 17.8. The minimum atomic E-state index is 0. The quantitative estimate of drug-likeness (QED) is 0.395. The summed E-state index contributed by atoms with van der Waals surface area (Å²) in [6.45, 7) is 0. The zero-order valence-electron chi connectivity index (χ0n) is 20.0. The Kier molecular flexibility index (Phi) is 6.00. The van der Waals surface area contributed by atoms with E-state index in [0.717, 1.165) is 67.9 Å². The van der Waals surface area contributed by atoms with Gasteiger partial charge in [0.25, 0.3) is 0 Å². The Hall–Kier alpha value is -4.34. The molecule has 5 heterocycles. The van der Waals surface area contributed by atoms with E-state index in [1.807, 2.05) is 60.7 Å². The van der Waals surface area contributed by atoms with E-state index in [0.29, 0.717) is 0 Å². The summed E-state index contributed by atoms with van der Waals surface area (Å²) in [5, 5.41) is 0. The van der Waals surface area contributed by atoms with Gasteiger partial charge in [-0.2, -0.15) is 0 Å². The van der Waals surface area contributed by atoms with Crippen LogP contribution in [0.25, 0.3) is 11.1 Å². The third kappa shape index (κ3) is 4.50. The molecule has 0 unspecified atom stereocenters. The molecule has 2 aromatic carbocycles. The summed E-state index contributed by atoms with van der Waals surface area (Å²) in [5.41, 5.74) is 11.4. The van der Waals surface area contributed by atoms with E-state index in [-0.39, 0.29) is 19.5 Å². The molecule has 0 amide bonds. The molecular weight excluding hydrogens is 506 g/mol. The summed E-state index contributed by atoms with van der Waals surface area (Å²) in [6.07, 6.45) is 20.2. The minimum absolute atomic E-state index is 0. The third-order valence-corrected chi connectivity index (χ3v) is 6.34. The predicted molar refractivity (Wildman–Crippen MR) is 149 cm³/mol. The van der Waals surface area contributed by atoms with Crippen molar-refractivity contribution in [1.82, 2.24) is 0 Å². The molecule has 5 aliphatic rings. The molecule has 5 heteroatoms. The fourth-order valence-corrected chi connectivity index (χ4v) is 4.75. The van der Waals surface area contributed by atoms with Crippen LogP contribution in [-0.2, 0) is 19.5 Å². The number of benzene rings is 2. The van der Waals surface area contributed by atoms with E-state index in [1.165, 1.54) is 0 Å². The summed E-state index contributed by atoms with van der Waals surface area (Å²) in [4.78, 5) is 19.5. The van der Waals surface area contributed by atoms with Gasteiger partial charge < -0.3 is 0 Å². The van der Waals surface area contributed by atoms with E-state index in [4.69, 9.17) is 20.0 Å². The predicted octanol–water partition coefficient (Wildman–Crippen LogP) is 6.63. The molecule has 0 N–H and O–H groups in total. The summed E-state index contributed by atoms with van der Waals surface area (Å²) in [6, 6.07) is 20.9. The Morgan fingerprint density at radius 2 is 0.865 bits per heavy atom. The number of allylic oxidation sites excluding steroid dienone is 12. The number of hydrogen-bond acceptors (Lipinski definition) is 4. The Morgan fingerprint density at radius 3 is 1.41 bits per heavy atom. The van der Waals surface area contributed by atoms with E-state index in [1.54, 1.807) is 0 Å². The van der Waals surface area contributed by atoms with Crippen molar-refractivity contribution < 1.29 is 19.5 Å². The van der Waals surface area contributed by atoms with Crippen molar-refractivity contribution in [3.05, 3.63) is 155 Å². The van der Waals surface area contributed by atoms with Crippen LogP contribution in [0.3, 0.4) is 0 Å². The molecule has 37 heavy (non-hydrogen) atoms. The molecule has 0 saturated carbocycles. The zero-order valence-corrected chi connectivity index (χ0v) is 23.0. The standard InChI is InChI=1S/C32H20N4.Zn/c1-3-7-21(8-4-1)31-29-19-27-15-13-25(34-27)17-23-11-12-24(33-23)18-26-14-16-28(35-26)20-30(36-29)32(31)22-9-5-2-6-10-22;/h1-20H;. The molecule has 7 rings (SSSR count). The Bertz CT molecular complexity index is 1680. The Morgan fingerprint density at radius 1 is 0.405 bits per heavy atom. The van der Waals surface area contributed by atoms with Gasteiger partial charge in [-0.1, -0.05) is 60.7 Å². The fraction of sp³-hybridized carbons (Fsp3) is 0. The maximum Gasteiger partial charge on any atom is 0.0744 e. The van der Waals surface area contributed by atoms with Crippen LogP contribution < -0.4 is 0 Å². The van der Waals surface area contributed by atoms with Crippen LogP contribution in [0.2, 0.25) is 0 Å². The molecule has 170 valence electrons. The molecule has 5 aliphatic heterocycles. The fourth-order valence-electron chi connectivity index (χ4n) is 4.75. The average Bonchev–Trinajstić information content (AvgIpc) is 3.70. The summed E-state index contributed by atoms with van der Waals surface area (Å²) >= 11 is 0. The second-order valence-corrected chi connectivity index (χ2v) is 8.83. The maximum atomic E-state index is 5.15. The van der Waals surface area contributed by atoms with Crippen LogP contribution in [0.1, 0.15) is 11.1 Å². The summed E-state index contributed by atoms with van der Waals surface area (Å²) in [5.74, 6) is 0. The molecule has 2 aromatic rings. The number of hydrogen-bond donors (Lipinski definition) is 0. The van der Waals surface area contributed by atoms with Crippen LogP contribution in [0, 0.1) is 0 Å². The monoisotopic (exact) mass is 524 g/mol. The molecule has 0 aromatic heterocycles. The molecule has 8 bridgehead atoms. The van der Waals surface area contributed by atoms with Crippen LogP contribution in [0.4, 0.5) is 0 Å². The SMILES string of the molecule is C1=CC2=NC1=CC1=NC(=CC3=NC(=CC4=NC(=C2)C=C4)C(c2ccccc2)=C3c2ccccc2)C=C1.[Zn]. The van der Waals surface area contributed by atoms with Crippen LogP contribution >= 0.6 is 0 Å². The largest absolute Gasteiger partial charge is 0.249 e. The minimum Gasteiger partial charge on any atom is -0.249 e. The average molecular weight is 526 g/mol. The van der Waals surface area contributed by atoms with Crippen LogP contribution in [0.15, 0.2) is 164 Å². The number of rotatable bonds is 2. The van der Waals surface area contributed by atoms with Crippen molar-refractivity contribution >= 4 is 34.0 Å². The van der Waals surface area contributed by atoms with Gasteiger partial charge in [0.05, 0.1) is 45.6 Å². The van der Waals surface area contributed by atoms with Crippen molar-refractivity contribution in [2.75, 3.05) is 0 Å². The third-order valence-electron chi connectivity index (χ3n) is 6.34. The van der Waals surface area contributed by atoms with Gasteiger partial charge in [0.2, 0.25) is 0 Å². The maximum absolute atomic E-state index is 5.15. The van der Waals surface area contributed by atoms with Gasteiger partial charge >= 0.3 is 0 Å².